The van der Waals surface area contributed by atoms with Crippen LogP contribution in [0.3, 0.4) is 0 Å². The third kappa shape index (κ3) is 6.56. The van der Waals surface area contributed by atoms with E-state index < -0.39 is 0 Å². The Hall–Kier alpha value is -1.63. The summed E-state index contributed by atoms with van der Waals surface area (Å²) >= 11 is 1.39. The Morgan fingerprint density at radius 2 is 1.87 bits per heavy atom. The van der Waals surface area contributed by atoms with E-state index in [1.54, 1.807) is 10.3 Å². The van der Waals surface area contributed by atoms with Gasteiger partial charge in [0, 0.05) is 23.0 Å². The quantitative estimate of drug-likeness (QED) is 0.865. The number of aromatic nitrogens is 1. The Balaban J connectivity index is 2.80. The van der Waals surface area contributed by atoms with Crippen LogP contribution in [0.15, 0.2) is 5.38 Å². The summed E-state index contributed by atoms with van der Waals surface area (Å²) in [6.07, 6.45) is 0. The number of nitrogens with zero attached hydrogens (tertiary/aromatic N) is 2. The molecule has 0 unspecified atom stereocenters. The number of rotatable bonds is 5. The number of thiazole rings is 1. The van der Waals surface area contributed by atoms with Gasteiger partial charge in [0.2, 0.25) is 0 Å². The molecule has 1 aromatic heterocycles. The highest BCUT2D eigenvalue weighted by Crippen LogP contribution is 2.15. The monoisotopic (exact) mass is 340 g/mol. The lowest BCUT2D eigenvalue weighted by Gasteiger charge is -2.30. The Morgan fingerprint density at radius 3 is 2.35 bits per heavy atom. The highest BCUT2D eigenvalue weighted by molar-refractivity contribution is 7.09. The molecule has 0 fully saturated rings. The molecule has 0 atom stereocenters. The third-order valence-corrected chi connectivity index (χ3v) is 3.71. The maximum absolute atomic E-state index is 12.4. The van der Waals surface area contributed by atoms with E-state index in [-0.39, 0.29) is 29.6 Å². The van der Waals surface area contributed by atoms with E-state index in [9.17, 15) is 9.59 Å². The van der Waals surface area contributed by atoms with Gasteiger partial charge in [0.25, 0.3) is 5.91 Å². The van der Waals surface area contributed by atoms with Crippen molar-refractivity contribution < 1.29 is 9.59 Å². The fourth-order valence-electron chi connectivity index (χ4n) is 1.85. The molecule has 7 heteroatoms. The third-order valence-electron chi connectivity index (χ3n) is 2.88. The van der Waals surface area contributed by atoms with E-state index >= 15 is 0 Å². The average Bonchev–Trinajstić information content (AvgIpc) is 2.80. The van der Waals surface area contributed by atoms with E-state index in [4.69, 9.17) is 0 Å². The van der Waals surface area contributed by atoms with Crippen molar-refractivity contribution in [3.8, 4) is 0 Å². The fraction of sp³-hybridized carbons (Fsp3) is 0.688. The summed E-state index contributed by atoms with van der Waals surface area (Å²) in [4.78, 5) is 30.4. The predicted octanol–water partition coefficient (Wildman–Crippen LogP) is 3.00. The second-order valence-corrected chi connectivity index (χ2v) is 8.10. The molecular weight excluding hydrogens is 312 g/mol. The molecule has 6 nitrogen and oxygen atoms in total. The number of nitrogens with one attached hydrogen (secondary N) is 2. The first kappa shape index (κ1) is 19.4. The molecule has 1 aromatic rings. The molecule has 0 bridgehead atoms. The number of hydrogen-bond donors (Lipinski definition) is 2. The van der Waals surface area contributed by atoms with Crippen molar-refractivity contribution >= 4 is 23.3 Å². The molecule has 1 rings (SSSR count). The molecule has 0 spiro atoms. The van der Waals surface area contributed by atoms with Gasteiger partial charge in [0.05, 0.1) is 6.54 Å². The highest BCUT2D eigenvalue weighted by Gasteiger charge is 2.23. The lowest BCUT2D eigenvalue weighted by Crippen LogP contribution is -2.50. The molecule has 0 saturated heterocycles. The van der Waals surface area contributed by atoms with E-state index in [0.29, 0.717) is 12.2 Å². The van der Waals surface area contributed by atoms with Crippen LogP contribution in [-0.2, 0) is 6.54 Å². The highest BCUT2D eigenvalue weighted by atomic mass is 32.1. The zero-order chi connectivity index (χ0) is 17.8. The molecule has 3 amide bonds. The van der Waals surface area contributed by atoms with Gasteiger partial charge in [0.15, 0.2) is 0 Å². The van der Waals surface area contributed by atoms with Gasteiger partial charge in [-0.3, -0.25) is 4.79 Å². The summed E-state index contributed by atoms with van der Waals surface area (Å²) in [5.74, 6) is -0.183. The molecule has 130 valence electrons. The SMILES string of the molecule is CC(C)NC(=O)c1csc(CN(C(=O)NC(C)(C)C)C(C)C)n1. The standard InChI is InChI=1S/C16H28N4O2S/c1-10(2)17-14(21)12-9-23-13(18-12)8-20(11(3)4)15(22)19-16(5,6)7/h9-11H,8H2,1-7H3,(H,17,21)(H,19,22). The zero-order valence-electron chi connectivity index (χ0n) is 15.1. The maximum atomic E-state index is 12.4. The maximum Gasteiger partial charge on any atom is 0.318 e. The molecule has 2 N–H and O–H groups in total. The zero-order valence-corrected chi connectivity index (χ0v) is 15.9. The molecule has 0 aliphatic carbocycles. The molecule has 0 aliphatic heterocycles. The fourth-order valence-corrected chi connectivity index (χ4v) is 2.62. The normalized spacial score (nSPS) is 11.7. The Kier molecular flexibility index (Phi) is 6.56. The van der Waals surface area contributed by atoms with Gasteiger partial charge in [-0.2, -0.15) is 0 Å². The number of carbonyl (C=O) groups excluding carboxylic acids is 2. The Bertz CT molecular complexity index is 547. The summed E-state index contributed by atoms with van der Waals surface area (Å²) < 4.78 is 0. The van der Waals surface area contributed by atoms with Crippen LogP contribution in [0.25, 0.3) is 0 Å². The van der Waals surface area contributed by atoms with Gasteiger partial charge in [-0.25, -0.2) is 9.78 Å². The summed E-state index contributed by atoms with van der Waals surface area (Å²) in [6.45, 7) is 14.0. The van der Waals surface area contributed by atoms with Gasteiger partial charge in [-0.1, -0.05) is 0 Å². The second kappa shape index (κ2) is 7.77. The molecule has 1 heterocycles. The largest absolute Gasteiger partial charge is 0.349 e. The molecule has 23 heavy (non-hydrogen) atoms. The van der Waals surface area contributed by atoms with Crippen LogP contribution in [0.4, 0.5) is 4.79 Å². The van der Waals surface area contributed by atoms with Crippen LogP contribution in [-0.4, -0.2) is 39.4 Å². The second-order valence-electron chi connectivity index (χ2n) is 7.16. The average molecular weight is 340 g/mol. The summed E-state index contributed by atoms with van der Waals surface area (Å²) in [7, 11) is 0. The minimum Gasteiger partial charge on any atom is -0.349 e. The van der Waals surface area contributed by atoms with Crippen molar-refractivity contribution in [1.82, 2.24) is 20.5 Å². The van der Waals surface area contributed by atoms with Crippen molar-refractivity contribution in [3.63, 3.8) is 0 Å². The van der Waals surface area contributed by atoms with E-state index in [2.05, 4.69) is 15.6 Å². The van der Waals surface area contributed by atoms with Crippen molar-refractivity contribution in [2.45, 2.75) is 72.6 Å². The number of carbonyl (C=O) groups is 2. The molecular formula is C16H28N4O2S. The van der Waals surface area contributed by atoms with Crippen LogP contribution in [0.2, 0.25) is 0 Å². The van der Waals surface area contributed by atoms with Crippen molar-refractivity contribution in [2.24, 2.45) is 0 Å². The predicted molar refractivity (Wildman–Crippen MR) is 93.7 cm³/mol. The van der Waals surface area contributed by atoms with Gasteiger partial charge in [-0.05, 0) is 48.5 Å². The smallest absolute Gasteiger partial charge is 0.318 e. The minimum absolute atomic E-state index is 0.0363. The minimum atomic E-state index is -0.296. The van der Waals surface area contributed by atoms with Crippen LogP contribution >= 0.6 is 11.3 Å². The Labute approximate surface area is 142 Å². The van der Waals surface area contributed by atoms with Crippen molar-refractivity contribution in [3.05, 3.63) is 16.1 Å². The van der Waals surface area contributed by atoms with E-state index in [0.717, 1.165) is 5.01 Å². The molecule has 0 aromatic carbocycles. The van der Waals surface area contributed by atoms with E-state index in [1.807, 2.05) is 48.5 Å². The molecule has 0 saturated carbocycles. The first-order valence-corrected chi connectivity index (χ1v) is 8.71. The molecule has 0 aliphatic rings. The van der Waals surface area contributed by atoms with Crippen LogP contribution in [0.1, 0.15) is 64.0 Å². The lowest BCUT2D eigenvalue weighted by molar-refractivity contribution is 0.0938. The van der Waals surface area contributed by atoms with Crippen LogP contribution < -0.4 is 10.6 Å². The van der Waals surface area contributed by atoms with Gasteiger partial charge in [-0.15, -0.1) is 11.3 Å². The summed E-state index contributed by atoms with van der Waals surface area (Å²) in [5.41, 5.74) is 0.105. The van der Waals surface area contributed by atoms with Crippen LogP contribution in [0.5, 0.6) is 0 Å². The molecule has 0 radical (unpaired) electrons. The van der Waals surface area contributed by atoms with E-state index in [1.165, 1.54) is 11.3 Å². The van der Waals surface area contributed by atoms with Crippen LogP contribution in [0, 0.1) is 0 Å². The number of urea groups is 1. The summed E-state index contributed by atoms with van der Waals surface area (Å²) in [6, 6.07) is -0.0255. The van der Waals surface area contributed by atoms with Gasteiger partial charge in [0.1, 0.15) is 10.7 Å². The lowest BCUT2D eigenvalue weighted by atomic mass is 10.1. The Morgan fingerprint density at radius 1 is 1.26 bits per heavy atom. The number of amides is 3. The topological polar surface area (TPSA) is 74.3 Å². The van der Waals surface area contributed by atoms with Crippen molar-refractivity contribution in [2.75, 3.05) is 0 Å². The first-order valence-electron chi connectivity index (χ1n) is 7.83. The summed E-state index contributed by atoms with van der Waals surface area (Å²) in [5, 5.41) is 8.25. The number of hydrogen-bond acceptors (Lipinski definition) is 4. The first-order chi connectivity index (χ1) is 10.5. The van der Waals surface area contributed by atoms with Crippen molar-refractivity contribution in [1.29, 1.82) is 0 Å². The van der Waals surface area contributed by atoms with Gasteiger partial charge < -0.3 is 15.5 Å². The van der Waals surface area contributed by atoms with Gasteiger partial charge >= 0.3 is 6.03 Å².